The normalized spacial score (nSPS) is 10.6. The van der Waals surface area contributed by atoms with E-state index in [4.69, 9.17) is 14.4 Å². The molecule has 1 N–H and O–H groups in total. The number of aromatic nitrogens is 1. The van der Waals surface area contributed by atoms with E-state index in [-0.39, 0.29) is 11.8 Å². The van der Waals surface area contributed by atoms with Gasteiger partial charge >= 0.3 is 5.97 Å². The summed E-state index contributed by atoms with van der Waals surface area (Å²) in [5, 5.41) is 12.3. The minimum absolute atomic E-state index is 0.0213. The topological polar surface area (TPSA) is 72.6 Å². The molecule has 1 aromatic heterocycles. The Morgan fingerprint density at radius 2 is 2.11 bits per heavy atom. The Bertz CT molecular complexity index is 560. The van der Waals surface area contributed by atoms with Crippen LogP contribution in [0.5, 0.6) is 5.75 Å². The van der Waals surface area contributed by atoms with Gasteiger partial charge in [0.1, 0.15) is 5.75 Å². The molecule has 0 aliphatic carbocycles. The molecular formula is C13H13NO4. The van der Waals surface area contributed by atoms with E-state index >= 15 is 0 Å². The van der Waals surface area contributed by atoms with Gasteiger partial charge < -0.3 is 14.4 Å². The van der Waals surface area contributed by atoms with Crippen LogP contribution in [-0.2, 0) is 0 Å². The number of hydrogen-bond donors (Lipinski definition) is 1. The van der Waals surface area contributed by atoms with Gasteiger partial charge in [-0.3, -0.25) is 0 Å². The van der Waals surface area contributed by atoms with Crippen molar-refractivity contribution in [3.63, 3.8) is 0 Å². The van der Waals surface area contributed by atoms with Crippen LogP contribution in [0.4, 0.5) is 0 Å². The highest BCUT2D eigenvalue weighted by Gasteiger charge is 2.15. The van der Waals surface area contributed by atoms with E-state index in [1.165, 1.54) is 6.07 Å². The van der Waals surface area contributed by atoms with Crippen molar-refractivity contribution in [1.29, 1.82) is 0 Å². The zero-order valence-corrected chi connectivity index (χ0v) is 10.1. The zero-order valence-electron chi connectivity index (χ0n) is 10.1. The maximum atomic E-state index is 10.8. The van der Waals surface area contributed by atoms with Gasteiger partial charge in [0.25, 0.3) is 0 Å². The van der Waals surface area contributed by atoms with Crippen LogP contribution in [0.1, 0.15) is 24.3 Å². The molecule has 5 heteroatoms. The predicted molar refractivity (Wildman–Crippen MR) is 64.7 cm³/mol. The van der Waals surface area contributed by atoms with Crippen molar-refractivity contribution < 1.29 is 19.2 Å². The Kier molecular flexibility index (Phi) is 3.32. The summed E-state index contributed by atoms with van der Waals surface area (Å²) in [5.74, 6) is -0.100. The van der Waals surface area contributed by atoms with Crippen molar-refractivity contribution in [2.75, 3.05) is 0 Å². The number of rotatable bonds is 4. The highest BCUT2D eigenvalue weighted by Crippen LogP contribution is 2.30. The second kappa shape index (κ2) is 4.91. The highest BCUT2D eigenvalue weighted by molar-refractivity contribution is 5.86. The number of carbonyl (C=O) groups is 1. The Labute approximate surface area is 104 Å². The van der Waals surface area contributed by atoms with Crippen LogP contribution < -0.4 is 4.74 Å². The second-order valence-corrected chi connectivity index (χ2v) is 4.04. The summed E-state index contributed by atoms with van der Waals surface area (Å²) in [6.07, 6.45) is 0.0213. The molecule has 0 radical (unpaired) electrons. The molecule has 0 aliphatic rings. The fourth-order valence-electron chi connectivity index (χ4n) is 1.53. The first-order valence-electron chi connectivity index (χ1n) is 5.54. The number of para-hydroxylation sites is 1. The maximum absolute atomic E-state index is 10.8. The third kappa shape index (κ3) is 2.51. The molecule has 0 atom stereocenters. The van der Waals surface area contributed by atoms with Gasteiger partial charge in [0.2, 0.25) is 0 Å². The van der Waals surface area contributed by atoms with Crippen LogP contribution in [0.25, 0.3) is 11.3 Å². The summed E-state index contributed by atoms with van der Waals surface area (Å²) in [5.41, 5.74) is 0.565. The quantitative estimate of drug-likeness (QED) is 0.899. The Morgan fingerprint density at radius 1 is 1.39 bits per heavy atom. The summed E-state index contributed by atoms with van der Waals surface area (Å²) in [7, 11) is 0. The molecule has 0 unspecified atom stereocenters. The van der Waals surface area contributed by atoms with Crippen LogP contribution in [-0.4, -0.2) is 22.3 Å². The average molecular weight is 247 g/mol. The van der Waals surface area contributed by atoms with Crippen molar-refractivity contribution in [2.24, 2.45) is 0 Å². The van der Waals surface area contributed by atoms with Crippen molar-refractivity contribution in [1.82, 2.24) is 5.16 Å². The first-order valence-corrected chi connectivity index (χ1v) is 5.54. The van der Waals surface area contributed by atoms with Crippen LogP contribution >= 0.6 is 0 Å². The monoisotopic (exact) mass is 247 g/mol. The molecule has 5 nitrogen and oxygen atoms in total. The fraction of sp³-hybridized carbons (Fsp3) is 0.231. The molecule has 0 aliphatic heterocycles. The number of carboxylic acids is 1. The van der Waals surface area contributed by atoms with E-state index in [9.17, 15) is 4.79 Å². The fourth-order valence-corrected chi connectivity index (χ4v) is 1.53. The maximum Gasteiger partial charge on any atom is 0.358 e. The van der Waals surface area contributed by atoms with Crippen LogP contribution in [0, 0.1) is 0 Å². The second-order valence-electron chi connectivity index (χ2n) is 4.04. The van der Waals surface area contributed by atoms with E-state index < -0.39 is 5.97 Å². The van der Waals surface area contributed by atoms with E-state index in [2.05, 4.69) is 5.16 Å². The Morgan fingerprint density at radius 3 is 2.72 bits per heavy atom. The molecule has 0 amide bonds. The van der Waals surface area contributed by atoms with E-state index in [1.807, 2.05) is 26.0 Å². The molecule has 2 aromatic rings. The third-order valence-electron chi connectivity index (χ3n) is 2.24. The first-order chi connectivity index (χ1) is 8.58. The Balaban J connectivity index is 2.39. The molecule has 0 saturated carbocycles. The van der Waals surface area contributed by atoms with Crippen molar-refractivity contribution in [3.05, 3.63) is 36.0 Å². The predicted octanol–water partition coefficient (Wildman–Crippen LogP) is 2.83. The van der Waals surface area contributed by atoms with Gasteiger partial charge in [-0.25, -0.2) is 4.79 Å². The van der Waals surface area contributed by atoms with Gasteiger partial charge in [-0.2, -0.15) is 0 Å². The summed E-state index contributed by atoms with van der Waals surface area (Å²) in [6, 6.07) is 8.65. The SMILES string of the molecule is CC(C)Oc1ccccc1-c1cc(C(=O)O)no1. The van der Waals surface area contributed by atoms with E-state index in [1.54, 1.807) is 12.1 Å². The lowest BCUT2D eigenvalue weighted by Gasteiger charge is -2.12. The van der Waals surface area contributed by atoms with Crippen molar-refractivity contribution >= 4 is 5.97 Å². The first kappa shape index (κ1) is 12.2. The molecule has 1 heterocycles. The molecule has 94 valence electrons. The van der Waals surface area contributed by atoms with Gasteiger partial charge in [-0.1, -0.05) is 17.3 Å². The lowest BCUT2D eigenvalue weighted by molar-refractivity contribution is 0.0686. The summed E-state index contributed by atoms with van der Waals surface area (Å²) in [6.45, 7) is 3.83. The molecule has 0 fully saturated rings. The average Bonchev–Trinajstić information content (AvgIpc) is 2.78. The summed E-state index contributed by atoms with van der Waals surface area (Å²) >= 11 is 0. The van der Waals surface area contributed by atoms with Crippen molar-refractivity contribution in [2.45, 2.75) is 20.0 Å². The van der Waals surface area contributed by atoms with Gasteiger partial charge in [-0.05, 0) is 26.0 Å². The van der Waals surface area contributed by atoms with Gasteiger partial charge in [0.05, 0.1) is 11.7 Å². The molecule has 0 spiro atoms. The zero-order chi connectivity index (χ0) is 13.1. The molecule has 1 aromatic carbocycles. The molecule has 18 heavy (non-hydrogen) atoms. The molecule has 0 bridgehead atoms. The lowest BCUT2D eigenvalue weighted by Crippen LogP contribution is -2.06. The van der Waals surface area contributed by atoms with Crippen LogP contribution in [0.3, 0.4) is 0 Å². The van der Waals surface area contributed by atoms with Gasteiger partial charge in [0.15, 0.2) is 11.5 Å². The molecular weight excluding hydrogens is 234 g/mol. The number of hydrogen-bond acceptors (Lipinski definition) is 4. The number of aromatic carboxylic acids is 1. The van der Waals surface area contributed by atoms with Gasteiger partial charge in [-0.15, -0.1) is 0 Å². The standard InChI is InChI=1S/C13H13NO4/c1-8(2)17-11-6-4-3-5-9(11)12-7-10(13(15)16)14-18-12/h3-8H,1-2H3,(H,15,16). The largest absolute Gasteiger partial charge is 0.490 e. The van der Waals surface area contributed by atoms with E-state index in [0.717, 1.165) is 0 Å². The Hall–Kier alpha value is -2.30. The lowest BCUT2D eigenvalue weighted by atomic mass is 10.1. The van der Waals surface area contributed by atoms with E-state index in [0.29, 0.717) is 17.1 Å². The number of carboxylic acid groups (broad SMARTS) is 1. The number of benzene rings is 1. The molecule has 2 rings (SSSR count). The smallest absolute Gasteiger partial charge is 0.358 e. The third-order valence-corrected chi connectivity index (χ3v) is 2.24. The van der Waals surface area contributed by atoms with Crippen LogP contribution in [0.15, 0.2) is 34.9 Å². The van der Waals surface area contributed by atoms with Crippen LogP contribution in [0.2, 0.25) is 0 Å². The van der Waals surface area contributed by atoms with Crippen molar-refractivity contribution in [3.8, 4) is 17.1 Å². The minimum Gasteiger partial charge on any atom is -0.490 e. The van der Waals surface area contributed by atoms with Gasteiger partial charge in [0, 0.05) is 6.07 Å². The minimum atomic E-state index is -1.12. The highest BCUT2D eigenvalue weighted by atomic mass is 16.5. The molecule has 0 saturated heterocycles. The number of ether oxygens (including phenoxy) is 1. The number of nitrogens with zero attached hydrogens (tertiary/aromatic N) is 1. The summed E-state index contributed by atoms with van der Waals surface area (Å²) in [4.78, 5) is 10.8. The summed E-state index contributed by atoms with van der Waals surface area (Å²) < 4.78 is 10.7.